The van der Waals surface area contributed by atoms with Gasteiger partial charge in [-0.2, -0.15) is 0 Å². The standard InChI is InChI=1S/C13H28N2O2S/c1-5-13(14,11(2)3)9-12-7-6-8-15(10-12)18(4,16)17/h11-12H,5-10,14H2,1-4H3. The minimum atomic E-state index is -3.05. The van der Waals surface area contributed by atoms with Crippen LogP contribution in [0.25, 0.3) is 0 Å². The first-order chi connectivity index (χ1) is 8.19. The molecule has 1 fully saturated rings. The van der Waals surface area contributed by atoms with Crippen molar-refractivity contribution in [3.05, 3.63) is 0 Å². The number of nitrogens with two attached hydrogens (primary N) is 1. The first-order valence-corrected chi connectivity index (χ1v) is 8.78. The minimum Gasteiger partial charge on any atom is -0.325 e. The molecule has 0 saturated carbocycles. The van der Waals surface area contributed by atoms with Gasteiger partial charge in [-0.1, -0.05) is 20.8 Å². The van der Waals surface area contributed by atoms with Gasteiger partial charge < -0.3 is 5.73 Å². The molecular formula is C13H28N2O2S. The number of nitrogens with zero attached hydrogens (tertiary/aromatic N) is 1. The predicted molar refractivity (Wildman–Crippen MR) is 75.8 cm³/mol. The van der Waals surface area contributed by atoms with E-state index in [1.54, 1.807) is 4.31 Å². The van der Waals surface area contributed by atoms with Crippen LogP contribution in [0.3, 0.4) is 0 Å². The number of sulfonamides is 1. The Labute approximate surface area is 112 Å². The third kappa shape index (κ3) is 3.93. The average Bonchev–Trinajstić information content (AvgIpc) is 2.28. The van der Waals surface area contributed by atoms with Crippen molar-refractivity contribution in [2.45, 2.75) is 52.0 Å². The lowest BCUT2D eigenvalue weighted by Gasteiger charge is -2.39. The largest absolute Gasteiger partial charge is 0.325 e. The molecule has 5 heteroatoms. The lowest BCUT2D eigenvalue weighted by molar-refractivity contribution is 0.179. The quantitative estimate of drug-likeness (QED) is 0.833. The number of piperidine rings is 1. The van der Waals surface area contributed by atoms with Crippen molar-refractivity contribution < 1.29 is 8.42 Å². The highest BCUT2D eigenvalue weighted by molar-refractivity contribution is 7.88. The molecule has 0 radical (unpaired) electrons. The summed E-state index contributed by atoms with van der Waals surface area (Å²) < 4.78 is 24.8. The molecule has 1 saturated heterocycles. The molecule has 18 heavy (non-hydrogen) atoms. The minimum absolute atomic E-state index is 0.162. The first-order valence-electron chi connectivity index (χ1n) is 6.93. The van der Waals surface area contributed by atoms with Gasteiger partial charge in [0.1, 0.15) is 0 Å². The molecule has 0 aromatic rings. The maximum absolute atomic E-state index is 11.6. The second-order valence-corrected chi connectivity index (χ2v) is 8.06. The van der Waals surface area contributed by atoms with Gasteiger partial charge in [-0.3, -0.25) is 0 Å². The van der Waals surface area contributed by atoms with Crippen LogP contribution < -0.4 is 5.73 Å². The van der Waals surface area contributed by atoms with Gasteiger partial charge in [-0.25, -0.2) is 12.7 Å². The van der Waals surface area contributed by atoms with Crippen LogP contribution in [0.15, 0.2) is 0 Å². The number of hydrogen-bond acceptors (Lipinski definition) is 3. The van der Waals surface area contributed by atoms with E-state index in [2.05, 4.69) is 20.8 Å². The van der Waals surface area contributed by atoms with Crippen LogP contribution in [-0.2, 0) is 10.0 Å². The molecule has 0 aromatic carbocycles. The Balaban J connectivity index is 2.68. The van der Waals surface area contributed by atoms with Gasteiger partial charge >= 0.3 is 0 Å². The fourth-order valence-corrected chi connectivity index (χ4v) is 3.76. The molecule has 1 rings (SSSR count). The van der Waals surface area contributed by atoms with Crippen LogP contribution >= 0.6 is 0 Å². The van der Waals surface area contributed by atoms with E-state index in [-0.39, 0.29) is 5.54 Å². The fourth-order valence-electron chi connectivity index (χ4n) is 2.82. The second kappa shape index (κ2) is 5.88. The summed E-state index contributed by atoms with van der Waals surface area (Å²) in [6.45, 7) is 7.74. The van der Waals surface area contributed by atoms with E-state index in [9.17, 15) is 8.42 Å². The average molecular weight is 276 g/mol. The van der Waals surface area contributed by atoms with E-state index in [0.29, 0.717) is 24.9 Å². The van der Waals surface area contributed by atoms with Gasteiger partial charge in [0, 0.05) is 18.6 Å². The van der Waals surface area contributed by atoms with Crippen LogP contribution in [0, 0.1) is 11.8 Å². The predicted octanol–water partition coefficient (Wildman–Crippen LogP) is 1.81. The molecule has 0 bridgehead atoms. The monoisotopic (exact) mass is 276 g/mol. The Bertz CT molecular complexity index is 367. The summed E-state index contributed by atoms with van der Waals surface area (Å²) in [7, 11) is -3.05. The van der Waals surface area contributed by atoms with Crippen molar-refractivity contribution in [1.82, 2.24) is 4.31 Å². The van der Waals surface area contributed by atoms with Gasteiger partial charge in [0.2, 0.25) is 10.0 Å². The molecule has 0 aliphatic carbocycles. The molecule has 4 nitrogen and oxygen atoms in total. The van der Waals surface area contributed by atoms with Gasteiger partial charge in [-0.05, 0) is 37.5 Å². The molecule has 0 amide bonds. The molecule has 108 valence electrons. The van der Waals surface area contributed by atoms with Crippen molar-refractivity contribution in [3.63, 3.8) is 0 Å². The summed E-state index contributed by atoms with van der Waals surface area (Å²) in [5.74, 6) is 0.830. The summed E-state index contributed by atoms with van der Waals surface area (Å²) in [5.41, 5.74) is 6.30. The summed E-state index contributed by atoms with van der Waals surface area (Å²) in [6, 6.07) is 0. The first kappa shape index (κ1) is 15.9. The fraction of sp³-hybridized carbons (Fsp3) is 1.00. The van der Waals surface area contributed by atoms with Crippen molar-refractivity contribution in [1.29, 1.82) is 0 Å². The summed E-state index contributed by atoms with van der Waals surface area (Å²) in [6.07, 6.45) is 5.22. The van der Waals surface area contributed by atoms with Crippen molar-refractivity contribution in [2.24, 2.45) is 17.6 Å². The smallest absolute Gasteiger partial charge is 0.211 e. The maximum atomic E-state index is 11.6. The third-order valence-electron chi connectivity index (χ3n) is 4.43. The zero-order valence-electron chi connectivity index (χ0n) is 12.1. The second-order valence-electron chi connectivity index (χ2n) is 6.07. The van der Waals surface area contributed by atoms with Crippen LogP contribution in [0.4, 0.5) is 0 Å². The summed E-state index contributed by atoms with van der Waals surface area (Å²) >= 11 is 0. The molecule has 2 atom stereocenters. The molecular weight excluding hydrogens is 248 g/mol. The van der Waals surface area contributed by atoms with Crippen LogP contribution in [0.1, 0.15) is 46.5 Å². The topological polar surface area (TPSA) is 63.4 Å². The molecule has 0 spiro atoms. The van der Waals surface area contributed by atoms with Crippen LogP contribution in [-0.4, -0.2) is 37.6 Å². The van der Waals surface area contributed by atoms with Gasteiger partial charge in [0.15, 0.2) is 0 Å². The van der Waals surface area contributed by atoms with E-state index in [1.165, 1.54) is 6.26 Å². The molecule has 1 aliphatic heterocycles. The Morgan fingerprint density at radius 3 is 2.50 bits per heavy atom. The highest BCUT2D eigenvalue weighted by Gasteiger charge is 2.34. The zero-order chi connectivity index (χ0) is 14.0. The maximum Gasteiger partial charge on any atom is 0.211 e. The van der Waals surface area contributed by atoms with E-state index >= 15 is 0 Å². The van der Waals surface area contributed by atoms with E-state index < -0.39 is 10.0 Å². The van der Waals surface area contributed by atoms with Gasteiger partial charge in [0.05, 0.1) is 6.26 Å². The Morgan fingerprint density at radius 2 is 2.06 bits per heavy atom. The lowest BCUT2D eigenvalue weighted by Crippen LogP contribution is -2.49. The van der Waals surface area contributed by atoms with Crippen molar-refractivity contribution >= 4 is 10.0 Å². The van der Waals surface area contributed by atoms with Crippen LogP contribution in [0.5, 0.6) is 0 Å². The Hall–Kier alpha value is -0.130. The van der Waals surface area contributed by atoms with Crippen LogP contribution in [0.2, 0.25) is 0 Å². The zero-order valence-corrected chi connectivity index (χ0v) is 13.0. The molecule has 1 aliphatic rings. The summed E-state index contributed by atoms with van der Waals surface area (Å²) in [4.78, 5) is 0. The van der Waals surface area contributed by atoms with E-state index in [4.69, 9.17) is 5.73 Å². The normalized spacial score (nSPS) is 26.2. The van der Waals surface area contributed by atoms with E-state index in [1.807, 2.05) is 0 Å². The third-order valence-corrected chi connectivity index (χ3v) is 5.70. The lowest BCUT2D eigenvalue weighted by atomic mass is 9.76. The molecule has 2 N–H and O–H groups in total. The number of rotatable bonds is 5. The highest BCUT2D eigenvalue weighted by atomic mass is 32.2. The SMILES string of the molecule is CCC(N)(CC1CCCN(S(C)(=O)=O)C1)C(C)C. The Kier molecular flexibility index (Phi) is 5.21. The molecule has 2 unspecified atom stereocenters. The highest BCUT2D eigenvalue weighted by Crippen LogP contribution is 2.31. The van der Waals surface area contributed by atoms with Gasteiger partial charge in [-0.15, -0.1) is 0 Å². The van der Waals surface area contributed by atoms with E-state index in [0.717, 1.165) is 25.7 Å². The van der Waals surface area contributed by atoms with Crippen molar-refractivity contribution in [3.8, 4) is 0 Å². The van der Waals surface area contributed by atoms with Crippen molar-refractivity contribution in [2.75, 3.05) is 19.3 Å². The summed E-state index contributed by atoms with van der Waals surface area (Å²) in [5, 5.41) is 0. The Morgan fingerprint density at radius 1 is 1.44 bits per heavy atom. The molecule has 1 heterocycles. The van der Waals surface area contributed by atoms with Gasteiger partial charge in [0.25, 0.3) is 0 Å². The molecule has 0 aromatic heterocycles. The number of hydrogen-bond donors (Lipinski definition) is 1.